The Labute approximate surface area is 78.8 Å². The van der Waals surface area contributed by atoms with Gasteiger partial charge in [0.05, 0.1) is 0 Å². The summed E-state index contributed by atoms with van der Waals surface area (Å²) in [5.74, 6) is -2.99. The maximum absolute atomic E-state index is 10.7. The van der Waals surface area contributed by atoms with Crippen LogP contribution in [0.5, 0.6) is 0 Å². The van der Waals surface area contributed by atoms with Crippen molar-refractivity contribution in [3.05, 3.63) is 0 Å². The maximum atomic E-state index is 10.7. The lowest BCUT2D eigenvalue weighted by Gasteiger charge is -2.22. The highest BCUT2D eigenvalue weighted by molar-refractivity contribution is 7.60. The largest absolute Gasteiger partial charge is 0.485 e. The Balaban J connectivity index is 4.51. The Morgan fingerprint density at radius 2 is 1.64 bits per heavy atom. The summed E-state index contributed by atoms with van der Waals surface area (Å²) >= 11 is 0. The van der Waals surface area contributed by atoms with E-state index in [9.17, 15) is 9.13 Å². The van der Waals surface area contributed by atoms with Gasteiger partial charge in [0.2, 0.25) is 0 Å². The van der Waals surface area contributed by atoms with Crippen LogP contribution in [0, 0.1) is 0 Å². The molecule has 11 heteroatoms. The number of phosphoric ester groups is 1. The van der Waals surface area contributed by atoms with Gasteiger partial charge in [-0.2, -0.15) is 4.31 Å². The number of hydrogen-bond donors (Lipinski definition) is 5. The van der Waals surface area contributed by atoms with E-state index in [-0.39, 0.29) is 0 Å². The van der Waals surface area contributed by atoms with Crippen LogP contribution in [0.25, 0.3) is 0 Å². The molecule has 0 radical (unpaired) electrons. The normalized spacial score (nSPS) is 17.9. The smallest absolute Gasteiger partial charge is 0.343 e. The lowest BCUT2D eigenvalue weighted by molar-refractivity contribution is -0.298. The number of aliphatic hydroxyl groups is 2. The van der Waals surface area contributed by atoms with E-state index in [4.69, 9.17) is 24.9 Å². The molecule has 0 heterocycles. The fraction of sp³-hybridized carbons (Fsp3) is 1.00. The number of hydrogen-bond acceptors (Lipinski definition) is 6. The topological polar surface area (TPSA) is 154 Å². The van der Waals surface area contributed by atoms with E-state index in [0.717, 1.165) is 0 Å². The first-order chi connectivity index (χ1) is 5.97. The predicted molar refractivity (Wildman–Crippen MR) is 41.5 cm³/mol. The predicted octanol–water partition coefficient (Wildman–Crippen LogP) is -0.739. The second-order valence-electron chi connectivity index (χ2n) is 2.23. The quantitative estimate of drug-likeness (QED) is 0.314. The van der Waals surface area contributed by atoms with E-state index < -0.39 is 28.0 Å². The molecule has 9 nitrogen and oxygen atoms in total. The fourth-order valence-electron chi connectivity index (χ4n) is 0.400. The summed E-state index contributed by atoms with van der Waals surface area (Å²) in [6.07, 6.45) is -0.498. The van der Waals surface area contributed by atoms with Gasteiger partial charge in [-0.1, -0.05) is 6.92 Å². The molecule has 0 spiro atoms. The van der Waals surface area contributed by atoms with Gasteiger partial charge in [0.15, 0.2) is 0 Å². The average molecular weight is 252 g/mol. The summed E-state index contributed by atoms with van der Waals surface area (Å²) in [5, 5.41) is 17.4. The molecule has 0 aromatic carbocycles. The van der Waals surface area contributed by atoms with Crippen LogP contribution in [0.4, 0.5) is 0 Å². The number of rotatable bonds is 5. The molecule has 0 aromatic rings. The molecule has 0 aliphatic heterocycles. The zero-order chi connectivity index (χ0) is 11.6. The first kappa shape index (κ1) is 14.2. The summed E-state index contributed by atoms with van der Waals surface area (Å²) in [5.41, 5.74) is 0. The third-order valence-corrected chi connectivity index (χ3v) is 3.13. The van der Waals surface area contributed by atoms with Crippen LogP contribution < -0.4 is 0 Å². The van der Waals surface area contributed by atoms with E-state index in [1.807, 2.05) is 0 Å². The molecule has 5 N–H and O–H groups in total. The van der Waals surface area contributed by atoms with Crippen molar-refractivity contribution in [2.75, 3.05) is 0 Å². The molecular formula is C3H10O9P2. The molecule has 86 valence electrons. The summed E-state index contributed by atoms with van der Waals surface area (Å²) in [4.78, 5) is 24.9. The van der Waals surface area contributed by atoms with Crippen LogP contribution in [-0.2, 0) is 18.0 Å². The molecule has 0 aromatic heterocycles. The second kappa shape index (κ2) is 4.36. The molecule has 0 fully saturated rings. The van der Waals surface area contributed by atoms with E-state index in [1.54, 1.807) is 0 Å². The van der Waals surface area contributed by atoms with Crippen LogP contribution in [0.1, 0.15) is 13.3 Å². The third kappa shape index (κ3) is 6.61. The van der Waals surface area contributed by atoms with E-state index >= 15 is 0 Å². The maximum Gasteiger partial charge on any atom is 0.485 e. The lowest BCUT2D eigenvalue weighted by Crippen LogP contribution is -2.29. The average Bonchev–Trinajstić information content (AvgIpc) is 1.78. The Hall–Kier alpha value is 0.180. The first-order valence-electron chi connectivity index (χ1n) is 3.22. The van der Waals surface area contributed by atoms with Gasteiger partial charge in [0, 0.05) is 6.42 Å². The van der Waals surface area contributed by atoms with Gasteiger partial charge in [0.25, 0.3) is 5.97 Å². The minimum absolute atomic E-state index is 0.498. The molecule has 0 saturated heterocycles. The number of phosphoric acid groups is 2. The highest BCUT2D eigenvalue weighted by Gasteiger charge is 2.39. The monoisotopic (exact) mass is 252 g/mol. The van der Waals surface area contributed by atoms with Crippen molar-refractivity contribution in [2.45, 2.75) is 19.3 Å². The molecule has 14 heavy (non-hydrogen) atoms. The molecule has 1 atom stereocenters. The Kier molecular flexibility index (Phi) is 4.41. The summed E-state index contributed by atoms with van der Waals surface area (Å²) < 4.78 is 27.8. The van der Waals surface area contributed by atoms with Gasteiger partial charge in [-0.25, -0.2) is 13.7 Å². The molecule has 0 amide bonds. The molecule has 0 saturated carbocycles. The van der Waals surface area contributed by atoms with Gasteiger partial charge in [0.1, 0.15) is 0 Å². The first-order valence-corrected chi connectivity index (χ1v) is 6.25. The van der Waals surface area contributed by atoms with Gasteiger partial charge in [-0.05, 0) is 0 Å². The van der Waals surface area contributed by atoms with Crippen LogP contribution in [0.2, 0.25) is 0 Å². The minimum Gasteiger partial charge on any atom is -0.343 e. The summed E-state index contributed by atoms with van der Waals surface area (Å²) in [6.45, 7) is 1.19. The third-order valence-electron chi connectivity index (χ3n) is 0.932. The van der Waals surface area contributed by atoms with Gasteiger partial charge in [-0.3, -0.25) is 0 Å². The highest BCUT2D eigenvalue weighted by atomic mass is 31.3. The van der Waals surface area contributed by atoms with Crippen molar-refractivity contribution < 1.29 is 42.9 Å². The van der Waals surface area contributed by atoms with E-state index in [0.29, 0.717) is 0 Å². The van der Waals surface area contributed by atoms with Crippen molar-refractivity contribution in [3.63, 3.8) is 0 Å². The summed E-state index contributed by atoms with van der Waals surface area (Å²) in [7, 11) is -10.5. The van der Waals surface area contributed by atoms with Crippen LogP contribution in [0.15, 0.2) is 0 Å². The molecule has 0 rings (SSSR count). The van der Waals surface area contributed by atoms with Crippen LogP contribution in [0.3, 0.4) is 0 Å². The molecule has 0 aliphatic carbocycles. The Morgan fingerprint density at radius 1 is 1.21 bits per heavy atom. The molecule has 1 unspecified atom stereocenters. The molecule has 0 bridgehead atoms. The molecular weight excluding hydrogens is 242 g/mol. The van der Waals surface area contributed by atoms with Crippen molar-refractivity contribution >= 4 is 15.6 Å². The Bertz CT molecular complexity index is 278. The lowest BCUT2D eigenvalue weighted by atomic mass is 10.4. The minimum atomic E-state index is -5.24. The van der Waals surface area contributed by atoms with Gasteiger partial charge < -0.3 is 24.9 Å². The summed E-state index contributed by atoms with van der Waals surface area (Å²) in [6, 6.07) is 0. The van der Waals surface area contributed by atoms with E-state index in [2.05, 4.69) is 8.83 Å². The van der Waals surface area contributed by atoms with E-state index in [1.165, 1.54) is 6.92 Å². The van der Waals surface area contributed by atoms with Crippen molar-refractivity contribution in [2.24, 2.45) is 0 Å². The fourth-order valence-corrected chi connectivity index (χ4v) is 2.11. The zero-order valence-corrected chi connectivity index (χ0v) is 8.76. The SMILES string of the molecule is CCC(O)(O)OP(=O)(O)OP(=O)(O)O. The van der Waals surface area contributed by atoms with Crippen molar-refractivity contribution in [1.82, 2.24) is 0 Å². The highest BCUT2D eigenvalue weighted by Crippen LogP contribution is 2.59. The van der Waals surface area contributed by atoms with Crippen LogP contribution >= 0.6 is 15.6 Å². The zero-order valence-electron chi connectivity index (χ0n) is 6.97. The second-order valence-corrected chi connectivity index (χ2v) is 4.98. The van der Waals surface area contributed by atoms with Crippen molar-refractivity contribution in [1.29, 1.82) is 0 Å². The van der Waals surface area contributed by atoms with Gasteiger partial charge in [-0.15, -0.1) is 0 Å². The molecule has 0 aliphatic rings. The Morgan fingerprint density at radius 3 is 1.93 bits per heavy atom. The van der Waals surface area contributed by atoms with Crippen LogP contribution in [-0.4, -0.2) is 30.9 Å². The standard InChI is InChI=1S/C3H10O9P2/c1-2-3(4,5)11-14(9,10)12-13(6,7)8/h4-5H,2H2,1H3,(H,9,10)(H2,6,7,8). The van der Waals surface area contributed by atoms with Crippen molar-refractivity contribution in [3.8, 4) is 0 Å². The van der Waals surface area contributed by atoms with Gasteiger partial charge >= 0.3 is 15.6 Å².